The molecule has 5 nitrogen and oxygen atoms in total. The monoisotopic (exact) mass is 262 g/mol. The lowest BCUT2D eigenvalue weighted by Crippen LogP contribution is -2.56. The van der Waals surface area contributed by atoms with Gasteiger partial charge >= 0.3 is 0 Å². The molecular formula is C11H22N2O3S. The van der Waals surface area contributed by atoms with Gasteiger partial charge in [0, 0.05) is 6.04 Å². The van der Waals surface area contributed by atoms with E-state index >= 15 is 0 Å². The fourth-order valence-electron chi connectivity index (χ4n) is 1.93. The van der Waals surface area contributed by atoms with Gasteiger partial charge in [-0.1, -0.05) is 13.8 Å². The van der Waals surface area contributed by atoms with Crippen LogP contribution < -0.4 is 11.1 Å². The highest BCUT2D eigenvalue weighted by atomic mass is 32.2. The molecule has 0 unspecified atom stereocenters. The van der Waals surface area contributed by atoms with Crippen LogP contribution in [0.4, 0.5) is 0 Å². The number of sulfone groups is 1. The highest BCUT2D eigenvalue weighted by Gasteiger charge is 2.33. The van der Waals surface area contributed by atoms with Crippen molar-refractivity contribution in [2.75, 3.05) is 11.5 Å². The average molecular weight is 262 g/mol. The van der Waals surface area contributed by atoms with Gasteiger partial charge in [-0.05, 0) is 25.7 Å². The van der Waals surface area contributed by atoms with Crippen molar-refractivity contribution in [3.05, 3.63) is 0 Å². The van der Waals surface area contributed by atoms with Gasteiger partial charge in [-0.2, -0.15) is 0 Å². The van der Waals surface area contributed by atoms with Gasteiger partial charge in [-0.15, -0.1) is 0 Å². The number of hydrogen-bond acceptors (Lipinski definition) is 4. The van der Waals surface area contributed by atoms with Gasteiger partial charge in [0.05, 0.1) is 17.0 Å². The molecule has 0 saturated carbocycles. The molecule has 100 valence electrons. The molecule has 1 heterocycles. The quantitative estimate of drug-likeness (QED) is 0.757. The summed E-state index contributed by atoms with van der Waals surface area (Å²) < 4.78 is 22.5. The van der Waals surface area contributed by atoms with Crippen molar-refractivity contribution in [2.24, 2.45) is 5.73 Å². The normalized spacial score (nSPS) is 21.1. The summed E-state index contributed by atoms with van der Waals surface area (Å²) in [5.41, 5.74) is 5.16. The van der Waals surface area contributed by atoms with Gasteiger partial charge in [0.2, 0.25) is 5.91 Å². The molecule has 1 aliphatic rings. The number of amides is 1. The molecule has 0 aromatic carbocycles. The molecule has 0 aromatic heterocycles. The molecule has 0 aromatic rings. The Balaban J connectivity index is 2.54. The topological polar surface area (TPSA) is 89.3 Å². The molecule has 0 radical (unpaired) electrons. The third-order valence-electron chi connectivity index (χ3n) is 3.60. The molecule has 6 heteroatoms. The maximum atomic E-state index is 12.0. The number of carbonyl (C=O) groups is 1. The molecule has 1 fully saturated rings. The van der Waals surface area contributed by atoms with Crippen LogP contribution in [0.25, 0.3) is 0 Å². The maximum absolute atomic E-state index is 12.0. The Morgan fingerprint density at radius 2 is 1.76 bits per heavy atom. The molecule has 0 aliphatic carbocycles. The summed E-state index contributed by atoms with van der Waals surface area (Å²) in [4.78, 5) is 12.0. The van der Waals surface area contributed by atoms with Crippen LogP contribution in [0.1, 0.15) is 39.5 Å². The molecule has 1 rings (SSSR count). The Morgan fingerprint density at radius 1 is 1.29 bits per heavy atom. The number of nitrogens with two attached hydrogens (primary N) is 1. The predicted molar refractivity (Wildman–Crippen MR) is 67.3 cm³/mol. The Bertz CT molecular complexity index is 360. The number of carbonyl (C=O) groups excluding carboxylic acids is 1. The maximum Gasteiger partial charge on any atom is 0.240 e. The largest absolute Gasteiger partial charge is 0.352 e. The highest BCUT2D eigenvalue weighted by Crippen LogP contribution is 2.16. The van der Waals surface area contributed by atoms with Crippen molar-refractivity contribution < 1.29 is 13.2 Å². The molecule has 0 spiro atoms. The second-order valence-electron chi connectivity index (χ2n) is 4.76. The first-order valence-corrected chi connectivity index (χ1v) is 7.95. The van der Waals surface area contributed by atoms with Crippen LogP contribution in [0.3, 0.4) is 0 Å². The van der Waals surface area contributed by atoms with Crippen molar-refractivity contribution in [1.29, 1.82) is 0 Å². The van der Waals surface area contributed by atoms with E-state index in [9.17, 15) is 13.2 Å². The number of rotatable bonds is 4. The van der Waals surface area contributed by atoms with Crippen molar-refractivity contribution in [1.82, 2.24) is 5.32 Å². The zero-order valence-electron chi connectivity index (χ0n) is 10.5. The zero-order chi connectivity index (χ0) is 13.1. The van der Waals surface area contributed by atoms with E-state index in [0.29, 0.717) is 25.7 Å². The summed E-state index contributed by atoms with van der Waals surface area (Å²) in [5.74, 6) is 0.161. The lowest BCUT2D eigenvalue weighted by Gasteiger charge is -2.30. The van der Waals surface area contributed by atoms with E-state index in [1.54, 1.807) is 0 Å². The Morgan fingerprint density at radius 3 is 2.18 bits per heavy atom. The van der Waals surface area contributed by atoms with Crippen molar-refractivity contribution >= 4 is 15.7 Å². The molecule has 0 atom stereocenters. The summed E-state index contributed by atoms with van der Waals surface area (Å²) in [7, 11) is -2.88. The molecule has 17 heavy (non-hydrogen) atoms. The zero-order valence-corrected chi connectivity index (χ0v) is 11.3. The number of nitrogens with one attached hydrogen (secondary N) is 1. The van der Waals surface area contributed by atoms with Crippen molar-refractivity contribution in [2.45, 2.75) is 51.1 Å². The van der Waals surface area contributed by atoms with Gasteiger partial charge < -0.3 is 11.1 Å². The van der Waals surface area contributed by atoms with E-state index < -0.39 is 15.4 Å². The van der Waals surface area contributed by atoms with E-state index in [2.05, 4.69) is 5.32 Å². The second-order valence-corrected chi connectivity index (χ2v) is 7.07. The van der Waals surface area contributed by atoms with E-state index in [-0.39, 0.29) is 23.5 Å². The summed E-state index contributed by atoms with van der Waals surface area (Å²) in [6.07, 6.45) is 2.16. The Hall–Kier alpha value is -0.620. The first-order chi connectivity index (χ1) is 7.83. The highest BCUT2D eigenvalue weighted by molar-refractivity contribution is 7.91. The lowest BCUT2D eigenvalue weighted by molar-refractivity contribution is -0.127. The summed E-state index contributed by atoms with van der Waals surface area (Å²) >= 11 is 0. The second kappa shape index (κ2) is 5.35. The van der Waals surface area contributed by atoms with E-state index in [1.807, 2.05) is 13.8 Å². The minimum absolute atomic E-state index is 0.0490. The summed E-state index contributed by atoms with van der Waals surface area (Å²) in [5, 5.41) is 2.87. The fourth-order valence-corrected chi connectivity index (χ4v) is 3.43. The van der Waals surface area contributed by atoms with Crippen LogP contribution in [0, 0.1) is 0 Å². The molecule has 1 saturated heterocycles. The minimum atomic E-state index is -2.88. The SMILES string of the molecule is CCC(N)(CC)C(=O)NC1CCS(=O)(=O)CC1. The van der Waals surface area contributed by atoms with E-state index in [1.165, 1.54) is 0 Å². The summed E-state index contributed by atoms with van der Waals surface area (Å²) in [6.45, 7) is 3.77. The molecule has 1 aliphatic heterocycles. The average Bonchev–Trinajstić information content (AvgIpc) is 2.30. The smallest absolute Gasteiger partial charge is 0.240 e. The van der Waals surface area contributed by atoms with Gasteiger partial charge in [-0.25, -0.2) is 8.42 Å². The molecule has 1 amide bonds. The fraction of sp³-hybridized carbons (Fsp3) is 0.909. The van der Waals surface area contributed by atoms with E-state index in [0.717, 1.165) is 0 Å². The van der Waals surface area contributed by atoms with Crippen LogP contribution in [-0.4, -0.2) is 37.4 Å². The van der Waals surface area contributed by atoms with Gasteiger partial charge in [-0.3, -0.25) is 4.79 Å². The van der Waals surface area contributed by atoms with Crippen LogP contribution in [-0.2, 0) is 14.6 Å². The first-order valence-electron chi connectivity index (χ1n) is 6.13. The van der Waals surface area contributed by atoms with Crippen LogP contribution in [0.5, 0.6) is 0 Å². The standard InChI is InChI=1S/C11H22N2O3S/c1-3-11(12,4-2)10(14)13-9-5-7-17(15,16)8-6-9/h9H,3-8,12H2,1-2H3,(H,13,14). The lowest BCUT2D eigenvalue weighted by atomic mass is 9.92. The first kappa shape index (κ1) is 14.4. The van der Waals surface area contributed by atoms with E-state index in [4.69, 9.17) is 5.73 Å². The minimum Gasteiger partial charge on any atom is -0.352 e. The van der Waals surface area contributed by atoms with Crippen LogP contribution in [0.2, 0.25) is 0 Å². The molecule has 0 bridgehead atoms. The molecular weight excluding hydrogens is 240 g/mol. The summed E-state index contributed by atoms with van der Waals surface area (Å²) in [6, 6.07) is -0.0490. The van der Waals surface area contributed by atoms with Gasteiger partial charge in [0.15, 0.2) is 0 Å². The predicted octanol–water partition coefficient (Wildman–Crippen LogP) is 0.197. The Kier molecular flexibility index (Phi) is 4.55. The molecule has 3 N–H and O–H groups in total. The third kappa shape index (κ3) is 3.67. The third-order valence-corrected chi connectivity index (χ3v) is 5.32. The Labute approximate surface area is 103 Å². The van der Waals surface area contributed by atoms with Crippen molar-refractivity contribution in [3.8, 4) is 0 Å². The number of hydrogen-bond donors (Lipinski definition) is 2. The van der Waals surface area contributed by atoms with Gasteiger partial charge in [0.1, 0.15) is 9.84 Å². The van der Waals surface area contributed by atoms with Gasteiger partial charge in [0.25, 0.3) is 0 Å². The van der Waals surface area contributed by atoms with Crippen LogP contribution >= 0.6 is 0 Å². The van der Waals surface area contributed by atoms with Crippen molar-refractivity contribution in [3.63, 3.8) is 0 Å². The van der Waals surface area contributed by atoms with Crippen LogP contribution in [0.15, 0.2) is 0 Å².